The summed E-state index contributed by atoms with van der Waals surface area (Å²) in [6, 6.07) is 16.3. The third-order valence-corrected chi connectivity index (χ3v) is 9.05. The number of hydrogen-bond acceptors (Lipinski definition) is 7. The van der Waals surface area contributed by atoms with Crippen molar-refractivity contribution in [2.24, 2.45) is 11.5 Å². The van der Waals surface area contributed by atoms with Crippen LogP contribution < -0.4 is 32.7 Å². The van der Waals surface area contributed by atoms with E-state index < -0.39 is 59.7 Å². The van der Waals surface area contributed by atoms with Gasteiger partial charge >= 0.3 is 0 Å². The largest absolute Gasteiger partial charge is 0.508 e. The molecule has 3 aromatic carbocycles. The number of phenols is 1. The minimum Gasteiger partial charge on any atom is -0.508 e. The third kappa shape index (κ3) is 10.9. The highest BCUT2D eigenvalue weighted by Gasteiger charge is 2.32. The Morgan fingerprint density at radius 2 is 1.28 bits per heavy atom. The zero-order valence-electron chi connectivity index (χ0n) is 28.6. The minimum atomic E-state index is -1.11. The average Bonchev–Trinajstić information content (AvgIpc) is 3.08. The number of aromatic hydroxyl groups is 1. The van der Waals surface area contributed by atoms with Gasteiger partial charge in [0.05, 0.1) is 6.04 Å². The number of amides is 5. The maximum atomic E-state index is 14.0. The lowest BCUT2D eigenvalue weighted by atomic mass is 9.95. The van der Waals surface area contributed by atoms with Crippen molar-refractivity contribution in [1.82, 2.24) is 21.3 Å². The number of phenolic OH excluding ortho intramolecular Hbond substituents is 1. The first-order chi connectivity index (χ1) is 23.9. The van der Waals surface area contributed by atoms with Crippen LogP contribution in [0.25, 0.3) is 0 Å². The van der Waals surface area contributed by atoms with Crippen molar-refractivity contribution < 1.29 is 29.1 Å². The smallest absolute Gasteiger partial charge is 0.243 e. The van der Waals surface area contributed by atoms with Gasteiger partial charge in [0.2, 0.25) is 29.5 Å². The van der Waals surface area contributed by atoms with E-state index in [2.05, 4.69) is 21.3 Å². The Labute approximate surface area is 292 Å². The molecular weight excluding hydrogens is 636 g/mol. The summed E-state index contributed by atoms with van der Waals surface area (Å²) in [5.41, 5.74) is 16.0. The molecule has 1 saturated heterocycles. The first-order valence-electron chi connectivity index (χ1n) is 17.0. The lowest BCUT2D eigenvalue weighted by Crippen LogP contribution is -2.59. The highest BCUT2D eigenvalue weighted by Crippen LogP contribution is 2.22. The maximum absolute atomic E-state index is 14.0. The van der Waals surface area contributed by atoms with Crippen LogP contribution in [0.2, 0.25) is 0 Å². The SMILES string of the molecule is Cc1cc(O)cc(C)c1C[C@H](N)C(=O)N[C@@H]1CCCCC[C@@H](C(N)=O)NC(=O)[C@H](Cc2ccccc2)NC(=O)[C@H](Cc2ccccc2)NC1=O. The normalized spacial score (nSPS) is 21.4. The van der Waals surface area contributed by atoms with E-state index >= 15 is 0 Å². The van der Waals surface area contributed by atoms with Gasteiger partial charge in [-0.2, -0.15) is 0 Å². The summed E-state index contributed by atoms with van der Waals surface area (Å²) in [4.78, 5) is 67.3. The Morgan fingerprint density at radius 3 is 1.82 bits per heavy atom. The number of nitrogens with two attached hydrogens (primary N) is 2. The molecular formula is C38H48N6O6. The number of hydrogen-bond donors (Lipinski definition) is 7. The predicted molar refractivity (Wildman–Crippen MR) is 190 cm³/mol. The molecule has 9 N–H and O–H groups in total. The second kappa shape index (κ2) is 18.0. The fraction of sp³-hybridized carbons (Fsp3) is 0.395. The van der Waals surface area contributed by atoms with Crippen LogP contribution >= 0.6 is 0 Å². The monoisotopic (exact) mass is 684 g/mol. The Hall–Kier alpha value is -5.23. The summed E-state index contributed by atoms with van der Waals surface area (Å²) in [6.45, 7) is 3.66. The van der Waals surface area contributed by atoms with E-state index in [1.54, 1.807) is 12.1 Å². The second-order valence-corrected chi connectivity index (χ2v) is 13.0. The van der Waals surface area contributed by atoms with E-state index in [1.807, 2.05) is 74.5 Å². The van der Waals surface area contributed by atoms with Gasteiger partial charge in [0.25, 0.3) is 0 Å². The summed E-state index contributed by atoms with van der Waals surface area (Å²) in [7, 11) is 0. The molecule has 5 atom stereocenters. The van der Waals surface area contributed by atoms with Gasteiger partial charge in [-0.05, 0) is 73.1 Å². The molecule has 12 nitrogen and oxygen atoms in total. The third-order valence-electron chi connectivity index (χ3n) is 9.05. The van der Waals surface area contributed by atoms with Crippen LogP contribution in [-0.2, 0) is 43.2 Å². The van der Waals surface area contributed by atoms with Crippen LogP contribution in [0.5, 0.6) is 5.75 Å². The number of carbonyl (C=O) groups excluding carboxylic acids is 5. The van der Waals surface area contributed by atoms with Crippen molar-refractivity contribution >= 4 is 29.5 Å². The van der Waals surface area contributed by atoms with Crippen molar-refractivity contribution in [3.8, 4) is 5.75 Å². The number of rotatable bonds is 9. The molecule has 1 fully saturated rings. The van der Waals surface area contributed by atoms with Crippen LogP contribution in [0.3, 0.4) is 0 Å². The van der Waals surface area contributed by atoms with Gasteiger partial charge in [0.15, 0.2) is 0 Å². The molecule has 0 bridgehead atoms. The second-order valence-electron chi connectivity index (χ2n) is 13.0. The number of primary amides is 1. The molecule has 1 aliphatic rings. The number of nitrogens with one attached hydrogen (secondary N) is 4. The maximum Gasteiger partial charge on any atom is 0.243 e. The average molecular weight is 685 g/mol. The lowest BCUT2D eigenvalue weighted by molar-refractivity contribution is -0.134. The molecule has 0 unspecified atom stereocenters. The molecule has 1 aliphatic heterocycles. The highest BCUT2D eigenvalue weighted by atomic mass is 16.3. The van der Waals surface area contributed by atoms with Crippen molar-refractivity contribution in [3.63, 3.8) is 0 Å². The molecule has 4 rings (SSSR count). The zero-order chi connectivity index (χ0) is 36.2. The molecule has 5 amide bonds. The van der Waals surface area contributed by atoms with Crippen LogP contribution in [0, 0.1) is 13.8 Å². The molecule has 0 aliphatic carbocycles. The number of aryl methyl sites for hydroxylation is 2. The van der Waals surface area contributed by atoms with E-state index in [4.69, 9.17) is 11.5 Å². The first-order valence-corrected chi connectivity index (χ1v) is 17.0. The fourth-order valence-electron chi connectivity index (χ4n) is 6.25. The van der Waals surface area contributed by atoms with E-state index in [0.717, 1.165) is 27.8 Å². The van der Waals surface area contributed by atoms with Crippen molar-refractivity contribution in [1.29, 1.82) is 0 Å². The van der Waals surface area contributed by atoms with E-state index in [-0.39, 0.29) is 37.9 Å². The molecule has 266 valence electrons. The zero-order valence-corrected chi connectivity index (χ0v) is 28.6. The van der Waals surface area contributed by atoms with Gasteiger partial charge in [0, 0.05) is 12.8 Å². The summed E-state index contributed by atoms with van der Waals surface area (Å²) >= 11 is 0. The molecule has 0 radical (unpaired) electrons. The van der Waals surface area contributed by atoms with Gasteiger partial charge in [-0.15, -0.1) is 0 Å². The molecule has 12 heteroatoms. The highest BCUT2D eigenvalue weighted by molar-refractivity contribution is 5.96. The van der Waals surface area contributed by atoms with Crippen molar-refractivity contribution in [2.45, 2.75) is 95.4 Å². The Kier molecular flexibility index (Phi) is 13.5. The van der Waals surface area contributed by atoms with Gasteiger partial charge in [0.1, 0.15) is 29.9 Å². The molecule has 3 aromatic rings. The van der Waals surface area contributed by atoms with Gasteiger partial charge in [-0.1, -0.05) is 79.9 Å². The molecule has 0 spiro atoms. The molecule has 50 heavy (non-hydrogen) atoms. The molecule has 0 aromatic heterocycles. The Bertz CT molecular complexity index is 1630. The first kappa shape index (κ1) is 37.6. The van der Waals surface area contributed by atoms with Crippen LogP contribution in [0.1, 0.15) is 59.9 Å². The number of benzene rings is 3. The summed E-state index contributed by atoms with van der Waals surface area (Å²) in [5, 5.41) is 21.1. The van der Waals surface area contributed by atoms with Gasteiger partial charge < -0.3 is 37.8 Å². The van der Waals surface area contributed by atoms with Crippen LogP contribution in [0.4, 0.5) is 0 Å². The Morgan fingerprint density at radius 1 is 0.780 bits per heavy atom. The summed E-state index contributed by atoms with van der Waals surface area (Å²) in [5.74, 6) is -2.84. The van der Waals surface area contributed by atoms with Crippen LogP contribution in [-0.4, -0.2) is 64.9 Å². The van der Waals surface area contributed by atoms with Crippen molar-refractivity contribution in [3.05, 3.63) is 101 Å². The lowest BCUT2D eigenvalue weighted by Gasteiger charge is -2.26. The van der Waals surface area contributed by atoms with E-state index in [0.29, 0.717) is 19.3 Å². The quantitative estimate of drug-likeness (QED) is 0.178. The van der Waals surface area contributed by atoms with Gasteiger partial charge in [-0.3, -0.25) is 24.0 Å². The summed E-state index contributed by atoms with van der Waals surface area (Å²) < 4.78 is 0. The Balaban J connectivity index is 1.61. The predicted octanol–water partition coefficient (Wildman–Crippen LogP) is 1.75. The van der Waals surface area contributed by atoms with E-state index in [1.165, 1.54) is 0 Å². The van der Waals surface area contributed by atoms with Crippen LogP contribution in [0.15, 0.2) is 72.8 Å². The van der Waals surface area contributed by atoms with Crippen molar-refractivity contribution in [2.75, 3.05) is 0 Å². The molecule has 0 saturated carbocycles. The number of carbonyl (C=O) groups is 5. The van der Waals surface area contributed by atoms with Gasteiger partial charge in [-0.25, -0.2) is 0 Å². The summed E-state index contributed by atoms with van der Waals surface area (Å²) in [6.07, 6.45) is 2.53. The minimum absolute atomic E-state index is 0.113. The molecule has 1 heterocycles. The van der Waals surface area contributed by atoms with E-state index in [9.17, 15) is 29.1 Å². The standard InChI is InChI=1S/C38H48N6O6/c1-23-18-27(45)19-24(2)28(23)22-29(39)35(47)42-31-17-11-5-10-16-30(34(40)46)41-37(49)32(20-25-12-6-3-7-13-25)44-38(50)33(43-36(31)48)21-26-14-8-4-9-15-26/h3-4,6-9,12-15,18-19,29-33,45H,5,10-11,16-17,20-22,39H2,1-2H3,(H2,40,46)(H,41,49)(H,42,47)(H,43,48)(H,44,50)/t29-,30-,31+,32-,33-/m0/s1. The topological polar surface area (TPSA) is 206 Å². The fourth-order valence-corrected chi connectivity index (χ4v) is 6.25.